The van der Waals surface area contributed by atoms with Gasteiger partial charge in [0.1, 0.15) is 0 Å². The normalized spacial score (nSPS) is 9.74. The first-order valence-electron chi connectivity index (χ1n) is 6.00. The predicted molar refractivity (Wildman–Crippen MR) is 73.9 cm³/mol. The maximum Gasteiger partial charge on any atom is 0.216 e. The molecule has 2 N–H and O–H groups in total. The third kappa shape index (κ3) is 3.23. The van der Waals surface area contributed by atoms with Crippen molar-refractivity contribution in [2.24, 2.45) is 0 Å². The number of amides is 1. The van der Waals surface area contributed by atoms with Gasteiger partial charge in [0.25, 0.3) is 0 Å². The van der Waals surface area contributed by atoms with Crippen molar-refractivity contribution >= 4 is 23.1 Å². The fraction of sp³-hybridized carbons (Fsp3) is 0.200. The van der Waals surface area contributed by atoms with Gasteiger partial charge >= 0.3 is 0 Å². The van der Waals surface area contributed by atoms with Crippen molar-refractivity contribution in [2.45, 2.75) is 13.3 Å². The largest absolute Gasteiger partial charge is 0.360 e. The van der Waals surface area contributed by atoms with E-state index in [4.69, 9.17) is 0 Å². The Kier molecular flexibility index (Phi) is 3.99. The molecule has 0 aliphatic rings. The number of benzene rings is 1. The molecular weight excluding hydrogens is 240 g/mol. The molecule has 0 aliphatic heterocycles. The summed E-state index contributed by atoms with van der Waals surface area (Å²) in [6, 6.07) is 5.68. The Morgan fingerprint density at radius 2 is 2.32 bits per heavy atom. The summed E-state index contributed by atoms with van der Waals surface area (Å²) in [6.45, 7) is 2.04. The van der Waals surface area contributed by atoms with E-state index in [-0.39, 0.29) is 5.91 Å². The second kappa shape index (κ2) is 5.87. The number of aromatic amines is 1. The van der Waals surface area contributed by atoms with E-state index in [1.807, 2.05) is 18.2 Å². The van der Waals surface area contributed by atoms with E-state index in [2.05, 4.69) is 22.1 Å². The lowest BCUT2D eigenvalue weighted by Crippen LogP contribution is -2.20. The molecule has 4 heteroatoms. The van der Waals surface area contributed by atoms with Crippen LogP contribution in [0.4, 0.5) is 0 Å². The van der Waals surface area contributed by atoms with Crippen molar-refractivity contribution in [3.63, 3.8) is 0 Å². The van der Waals surface area contributed by atoms with Crippen LogP contribution in [-0.2, 0) is 4.79 Å². The molecule has 2 aromatic rings. The summed E-state index contributed by atoms with van der Waals surface area (Å²) < 4.78 is 0. The van der Waals surface area contributed by atoms with Gasteiger partial charge in [0, 0.05) is 48.1 Å². The van der Waals surface area contributed by atoms with Gasteiger partial charge in [0.15, 0.2) is 6.29 Å². The van der Waals surface area contributed by atoms with Crippen LogP contribution in [0.2, 0.25) is 0 Å². The zero-order chi connectivity index (χ0) is 13.7. The van der Waals surface area contributed by atoms with Crippen molar-refractivity contribution in [1.29, 1.82) is 0 Å². The Labute approximate surface area is 111 Å². The molecule has 96 valence electrons. The van der Waals surface area contributed by atoms with Crippen LogP contribution in [0.1, 0.15) is 29.3 Å². The molecule has 1 aromatic heterocycles. The van der Waals surface area contributed by atoms with Crippen LogP contribution >= 0.6 is 0 Å². The molecule has 0 radical (unpaired) electrons. The second-order valence-electron chi connectivity index (χ2n) is 4.16. The first kappa shape index (κ1) is 12.9. The molecule has 0 saturated carbocycles. The lowest BCUT2D eigenvalue weighted by Gasteiger charge is -1.95. The smallest absolute Gasteiger partial charge is 0.216 e. The van der Waals surface area contributed by atoms with Gasteiger partial charge in [-0.3, -0.25) is 9.59 Å². The van der Waals surface area contributed by atoms with E-state index in [1.54, 1.807) is 6.20 Å². The quantitative estimate of drug-likeness (QED) is 0.499. The summed E-state index contributed by atoms with van der Waals surface area (Å²) in [5.74, 6) is 5.98. The van der Waals surface area contributed by atoms with E-state index < -0.39 is 0 Å². The summed E-state index contributed by atoms with van der Waals surface area (Å²) >= 11 is 0. The number of aromatic nitrogens is 1. The van der Waals surface area contributed by atoms with E-state index in [9.17, 15) is 9.59 Å². The van der Waals surface area contributed by atoms with Crippen LogP contribution < -0.4 is 5.32 Å². The van der Waals surface area contributed by atoms with E-state index >= 15 is 0 Å². The van der Waals surface area contributed by atoms with Gasteiger partial charge in [-0.2, -0.15) is 0 Å². The summed E-state index contributed by atoms with van der Waals surface area (Å²) in [5.41, 5.74) is 2.44. The zero-order valence-electron chi connectivity index (χ0n) is 10.6. The van der Waals surface area contributed by atoms with Gasteiger partial charge in [0.2, 0.25) is 5.91 Å². The van der Waals surface area contributed by atoms with Crippen LogP contribution in [0.5, 0.6) is 0 Å². The van der Waals surface area contributed by atoms with Gasteiger partial charge < -0.3 is 10.3 Å². The van der Waals surface area contributed by atoms with Gasteiger partial charge in [0.05, 0.1) is 0 Å². The highest BCUT2D eigenvalue weighted by atomic mass is 16.1. The number of nitrogens with one attached hydrogen (secondary N) is 2. The maximum absolute atomic E-state index is 10.8. The van der Waals surface area contributed by atoms with Crippen LogP contribution in [-0.4, -0.2) is 23.7 Å². The molecule has 1 aromatic carbocycles. The van der Waals surface area contributed by atoms with Crippen LogP contribution in [0.25, 0.3) is 10.9 Å². The zero-order valence-corrected chi connectivity index (χ0v) is 10.6. The van der Waals surface area contributed by atoms with Crippen molar-refractivity contribution in [3.8, 4) is 11.8 Å². The molecule has 2 rings (SSSR count). The average Bonchev–Trinajstić information content (AvgIpc) is 2.80. The molecule has 1 heterocycles. The fourth-order valence-corrected chi connectivity index (χ4v) is 1.79. The van der Waals surface area contributed by atoms with E-state index in [0.717, 1.165) is 22.8 Å². The minimum Gasteiger partial charge on any atom is -0.360 e. The molecule has 0 spiro atoms. The van der Waals surface area contributed by atoms with Gasteiger partial charge in [-0.25, -0.2) is 0 Å². The summed E-state index contributed by atoms with van der Waals surface area (Å²) in [4.78, 5) is 24.5. The highest BCUT2D eigenvalue weighted by molar-refractivity contribution is 5.97. The minimum absolute atomic E-state index is 0.0454. The Balaban J connectivity index is 2.07. The monoisotopic (exact) mass is 254 g/mol. The number of carbonyl (C=O) groups excluding carboxylic acids is 2. The average molecular weight is 254 g/mol. The molecule has 0 saturated heterocycles. The van der Waals surface area contributed by atoms with Crippen molar-refractivity contribution < 1.29 is 9.59 Å². The number of aldehydes is 1. The van der Waals surface area contributed by atoms with Crippen molar-refractivity contribution in [2.75, 3.05) is 6.54 Å². The third-order valence-electron chi connectivity index (χ3n) is 2.70. The Hall–Kier alpha value is -2.54. The molecule has 0 fully saturated rings. The van der Waals surface area contributed by atoms with Crippen molar-refractivity contribution in [3.05, 3.63) is 35.5 Å². The van der Waals surface area contributed by atoms with Crippen LogP contribution in [0.3, 0.4) is 0 Å². The lowest BCUT2D eigenvalue weighted by atomic mass is 10.1. The minimum atomic E-state index is -0.0454. The number of fused-ring (bicyclic) bond motifs is 1. The summed E-state index contributed by atoms with van der Waals surface area (Å²) in [7, 11) is 0. The van der Waals surface area contributed by atoms with Crippen molar-refractivity contribution in [1.82, 2.24) is 10.3 Å². The van der Waals surface area contributed by atoms with E-state index in [0.29, 0.717) is 18.5 Å². The lowest BCUT2D eigenvalue weighted by molar-refractivity contribution is -0.118. The molecule has 19 heavy (non-hydrogen) atoms. The predicted octanol–water partition coefficient (Wildman–Crippen LogP) is 1.86. The van der Waals surface area contributed by atoms with E-state index in [1.165, 1.54) is 6.92 Å². The third-order valence-corrected chi connectivity index (χ3v) is 2.70. The standard InChI is InChI=1S/C15H14N2O2/c1-11(19)16-7-3-2-4-12-5-6-14-13(10-18)9-17-15(14)8-12/h5-6,8-10,17H,3,7H2,1H3,(H,16,19). The molecule has 0 bridgehead atoms. The SMILES string of the molecule is CC(=O)NCCC#Cc1ccc2c(C=O)c[nH]c2c1. The first-order chi connectivity index (χ1) is 9.20. The summed E-state index contributed by atoms with van der Waals surface area (Å²) in [5, 5.41) is 3.59. The van der Waals surface area contributed by atoms with Gasteiger partial charge in [-0.1, -0.05) is 17.9 Å². The molecule has 0 atom stereocenters. The highest BCUT2D eigenvalue weighted by Crippen LogP contribution is 2.17. The summed E-state index contributed by atoms with van der Waals surface area (Å²) in [6.07, 6.45) is 3.13. The van der Waals surface area contributed by atoms with Crippen LogP contribution in [0, 0.1) is 11.8 Å². The Bertz CT molecular complexity index is 674. The Morgan fingerprint density at radius 3 is 3.05 bits per heavy atom. The number of rotatable bonds is 3. The van der Waals surface area contributed by atoms with Gasteiger partial charge in [-0.05, 0) is 12.1 Å². The number of H-pyrrole nitrogens is 1. The molecule has 0 unspecified atom stereocenters. The van der Waals surface area contributed by atoms with Crippen LogP contribution in [0.15, 0.2) is 24.4 Å². The van der Waals surface area contributed by atoms with Gasteiger partial charge in [-0.15, -0.1) is 0 Å². The maximum atomic E-state index is 10.8. The number of carbonyl (C=O) groups is 2. The number of hydrogen-bond acceptors (Lipinski definition) is 2. The topological polar surface area (TPSA) is 62.0 Å². The molecular formula is C15H14N2O2. The Morgan fingerprint density at radius 1 is 1.47 bits per heavy atom. The second-order valence-corrected chi connectivity index (χ2v) is 4.16. The molecule has 4 nitrogen and oxygen atoms in total. The molecule has 1 amide bonds. The fourth-order valence-electron chi connectivity index (χ4n) is 1.79. The highest BCUT2D eigenvalue weighted by Gasteiger charge is 2.01. The molecule has 0 aliphatic carbocycles. The number of hydrogen-bond donors (Lipinski definition) is 2. The first-order valence-corrected chi connectivity index (χ1v) is 6.00.